The van der Waals surface area contributed by atoms with E-state index in [0.29, 0.717) is 0 Å². The summed E-state index contributed by atoms with van der Waals surface area (Å²) in [5, 5.41) is 0. The van der Waals surface area contributed by atoms with E-state index in [0.717, 1.165) is 0 Å². The van der Waals surface area contributed by atoms with E-state index in [1.807, 2.05) is 0 Å². The smallest absolute Gasteiger partial charge is 0.237 e. The van der Waals surface area contributed by atoms with E-state index in [1.165, 1.54) is 141 Å². The maximum atomic E-state index is 2.51. The molecule has 1 heterocycles. The normalized spacial score (nSPS) is 11.4. The van der Waals surface area contributed by atoms with E-state index < -0.39 is 0 Å². The molecule has 0 atom stereocenters. The van der Waals surface area contributed by atoms with Crippen LogP contribution in [-0.2, 0) is 20.0 Å². The van der Waals surface area contributed by atoms with Crippen molar-refractivity contribution in [3.05, 3.63) is 18.2 Å². The third kappa shape index (κ3) is 13.9. The molecule has 0 fully saturated rings. The topological polar surface area (TPSA) is 8.81 Å². The summed E-state index contributed by atoms with van der Waals surface area (Å²) in [5.74, 6) is 1.53. The molecule has 0 aliphatic carbocycles. The number of aromatic nitrogens is 2. The van der Waals surface area contributed by atoms with Gasteiger partial charge in [-0.25, -0.2) is 9.13 Å². The van der Waals surface area contributed by atoms with E-state index in [9.17, 15) is 0 Å². The molecule has 0 radical (unpaired) electrons. The van der Waals surface area contributed by atoms with Crippen LogP contribution < -0.4 is 4.57 Å². The number of hydrogen-bond donors (Lipinski definition) is 0. The number of aryl methyl sites for hydroxylation is 2. The summed E-state index contributed by atoms with van der Waals surface area (Å²) in [6.07, 6.45) is 32.8. The number of hydrogen-bond acceptors (Lipinski definition) is 0. The van der Waals surface area contributed by atoms with Crippen molar-refractivity contribution in [2.75, 3.05) is 0 Å². The third-order valence-corrected chi connectivity index (χ3v) is 6.47. The maximum absolute atomic E-state index is 2.51. The Morgan fingerprint density at radius 1 is 0.586 bits per heavy atom. The fraction of sp³-hybridized carbons (Fsp3) is 0.889. The fourth-order valence-corrected chi connectivity index (χ4v) is 4.44. The van der Waals surface area contributed by atoms with Crippen LogP contribution >= 0.6 is 0 Å². The Kier molecular flexibility index (Phi) is 17.4. The van der Waals surface area contributed by atoms with E-state index in [4.69, 9.17) is 0 Å². The molecule has 0 unspecified atom stereocenters. The molecule has 0 aromatic carbocycles. The molecule has 1 rings (SSSR count). The summed E-state index contributed by atoms with van der Waals surface area (Å²) in [6, 6.07) is 0. The average molecular weight is 406 g/mol. The molecule has 1 aromatic heterocycles. The molecule has 29 heavy (non-hydrogen) atoms. The van der Waals surface area contributed by atoms with Crippen molar-refractivity contribution >= 4 is 0 Å². The first-order valence-electron chi connectivity index (χ1n) is 13.3. The molecule has 0 aliphatic rings. The Bertz CT molecular complexity index is 463. The van der Waals surface area contributed by atoms with Crippen molar-refractivity contribution < 1.29 is 4.57 Å². The van der Waals surface area contributed by atoms with Crippen LogP contribution in [0, 0.1) is 0 Å². The Morgan fingerprint density at radius 2 is 1.00 bits per heavy atom. The van der Waals surface area contributed by atoms with Gasteiger partial charge in [-0.1, -0.05) is 117 Å². The largest absolute Gasteiger partial charge is 0.256 e. The van der Waals surface area contributed by atoms with Gasteiger partial charge in [-0.05, 0) is 19.3 Å². The molecular weight excluding hydrogens is 352 g/mol. The minimum absolute atomic E-state index is 1.21. The molecule has 0 amide bonds. The van der Waals surface area contributed by atoms with Gasteiger partial charge in [0.15, 0.2) is 0 Å². The highest BCUT2D eigenvalue weighted by molar-refractivity contribution is 4.84. The zero-order chi connectivity index (χ0) is 21.0. The van der Waals surface area contributed by atoms with Gasteiger partial charge >= 0.3 is 0 Å². The van der Waals surface area contributed by atoms with Crippen molar-refractivity contribution in [2.45, 2.75) is 149 Å². The lowest BCUT2D eigenvalue weighted by Crippen LogP contribution is -2.32. The van der Waals surface area contributed by atoms with E-state index in [-0.39, 0.29) is 0 Å². The first-order valence-corrected chi connectivity index (χ1v) is 13.3. The number of imidazole rings is 1. The summed E-state index contributed by atoms with van der Waals surface area (Å²) < 4.78 is 4.86. The quantitative estimate of drug-likeness (QED) is 0.144. The van der Waals surface area contributed by atoms with Gasteiger partial charge in [0.25, 0.3) is 5.82 Å². The Morgan fingerprint density at radius 3 is 1.48 bits per heavy atom. The van der Waals surface area contributed by atoms with Gasteiger partial charge < -0.3 is 0 Å². The van der Waals surface area contributed by atoms with Gasteiger partial charge in [-0.2, -0.15) is 0 Å². The number of rotatable bonds is 21. The maximum Gasteiger partial charge on any atom is 0.256 e. The molecule has 0 spiro atoms. The minimum atomic E-state index is 1.21. The van der Waals surface area contributed by atoms with Crippen LogP contribution in [0.15, 0.2) is 12.4 Å². The van der Waals surface area contributed by atoms with Gasteiger partial charge in [0.05, 0.1) is 13.6 Å². The Hall–Kier alpha value is -0.790. The van der Waals surface area contributed by atoms with Crippen molar-refractivity contribution in [3.63, 3.8) is 0 Å². The second kappa shape index (κ2) is 19.2. The lowest BCUT2D eigenvalue weighted by molar-refractivity contribution is -0.678. The van der Waals surface area contributed by atoms with Gasteiger partial charge in [0.2, 0.25) is 0 Å². The van der Waals surface area contributed by atoms with Crippen LogP contribution in [0.3, 0.4) is 0 Å². The second-order valence-corrected chi connectivity index (χ2v) is 9.28. The summed E-state index contributed by atoms with van der Waals surface area (Å²) in [4.78, 5) is 0. The molecule has 0 N–H and O–H groups in total. The van der Waals surface area contributed by atoms with Crippen LogP contribution in [0.4, 0.5) is 0 Å². The van der Waals surface area contributed by atoms with Crippen molar-refractivity contribution in [3.8, 4) is 0 Å². The van der Waals surface area contributed by atoms with Crippen LogP contribution in [0.2, 0.25) is 0 Å². The monoisotopic (exact) mass is 405 g/mol. The molecular formula is C27H53N2+. The average Bonchev–Trinajstić information content (AvgIpc) is 3.07. The molecule has 0 saturated carbocycles. The van der Waals surface area contributed by atoms with Crippen LogP contribution in [-0.4, -0.2) is 4.57 Å². The summed E-state index contributed by atoms with van der Waals surface area (Å²) in [6.45, 7) is 5.80. The molecule has 2 nitrogen and oxygen atoms in total. The van der Waals surface area contributed by atoms with Crippen molar-refractivity contribution in [1.29, 1.82) is 0 Å². The number of unbranched alkanes of at least 4 members (excludes halogenated alkanes) is 17. The predicted molar refractivity (Wildman–Crippen MR) is 128 cm³/mol. The van der Waals surface area contributed by atoms with Crippen LogP contribution in [0.5, 0.6) is 0 Å². The van der Waals surface area contributed by atoms with E-state index >= 15 is 0 Å². The van der Waals surface area contributed by atoms with Crippen molar-refractivity contribution in [1.82, 2.24) is 4.57 Å². The highest BCUT2D eigenvalue weighted by atomic mass is 15.1. The lowest BCUT2D eigenvalue weighted by atomic mass is 10.0. The standard InChI is InChI=1S/C27H53N2/c1-4-6-8-10-12-13-14-15-16-17-18-19-21-23-27-28(3)25-26-29(27)24-22-20-11-9-7-5-2/h25-26H,4-24H2,1-3H3/q+1. The molecule has 1 aromatic rings. The Balaban J connectivity index is 1.99. The van der Waals surface area contributed by atoms with E-state index in [2.05, 4.69) is 42.4 Å². The fourth-order valence-electron chi connectivity index (χ4n) is 4.44. The number of nitrogens with zero attached hydrogens (tertiary/aromatic N) is 2. The van der Waals surface area contributed by atoms with Gasteiger partial charge in [0.1, 0.15) is 12.4 Å². The highest BCUT2D eigenvalue weighted by Gasteiger charge is 2.13. The first kappa shape index (κ1) is 26.2. The summed E-state index contributed by atoms with van der Waals surface area (Å²) in [5.41, 5.74) is 0. The lowest BCUT2D eigenvalue weighted by Gasteiger charge is -2.05. The van der Waals surface area contributed by atoms with E-state index in [1.54, 1.807) is 0 Å². The predicted octanol–water partition coefficient (Wildman–Crippen LogP) is 8.31. The van der Waals surface area contributed by atoms with Crippen molar-refractivity contribution in [2.24, 2.45) is 7.05 Å². The second-order valence-electron chi connectivity index (χ2n) is 9.28. The first-order chi connectivity index (χ1) is 14.3. The molecule has 170 valence electrons. The Labute approximate surface area is 183 Å². The molecule has 0 bridgehead atoms. The SMILES string of the molecule is CCCCCCCCCCCCCCCc1n(CCCCCCCC)cc[n+]1C. The molecule has 2 heteroatoms. The van der Waals surface area contributed by atoms with Gasteiger partial charge in [0, 0.05) is 6.42 Å². The van der Waals surface area contributed by atoms with Crippen LogP contribution in [0.1, 0.15) is 142 Å². The zero-order valence-corrected chi connectivity index (χ0v) is 20.4. The summed E-state index contributed by atoms with van der Waals surface area (Å²) >= 11 is 0. The van der Waals surface area contributed by atoms with Gasteiger partial charge in [-0.3, -0.25) is 0 Å². The minimum Gasteiger partial charge on any atom is -0.237 e. The zero-order valence-electron chi connectivity index (χ0n) is 20.4. The highest BCUT2D eigenvalue weighted by Crippen LogP contribution is 2.13. The van der Waals surface area contributed by atoms with Crippen LogP contribution in [0.25, 0.3) is 0 Å². The molecule has 0 aliphatic heterocycles. The summed E-state index contributed by atoms with van der Waals surface area (Å²) in [7, 11) is 2.22. The molecule has 0 saturated heterocycles. The van der Waals surface area contributed by atoms with Gasteiger partial charge in [-0.15, -0.1) is 0 Å². The third-order valence-electron chi connectivity index (χ3n) is 6.47.